The summed E-state index contributed by atoms with van der Waals surface area (Å²) in [5, 5.41) is 8.98. The van der Waals surface area contributed by atoms with Gasteiger partial charge in [-0.2, -0.15) is 0 Å². The van der Waals surface area contributed by atoms with E-state index in [2.05, 4.69) is 4.98 Å². The fourth-order valence-electron chi connectivity index (χ4n) is 2.04. The van der Waals surface area contributed by atoms with Gasteiger partial charge in [0.2, 0.25) is 0 Å². The molecule has 0 unspecified atom stereocenters. The van der Waals surface area contributed by atoms with Crippen LogP contribution in [0.25, 0.3) is 0 Å². The van der Waals surface area contributed by atoms with Gasteiger partial charge in [-0.1, -0.05) is 25.4 Å². The van der Waals surface area contributed by atoms with Gasteiger partial charge in [-0.3, -0.25) is 4.79 Å². The van der Waals surface area contributed by atoms with Crippen molar-refractivity contribution in [2.45, 2.75) is 19.8 Å². The highest BCUT2D eigenvalue weighted by Crippen LogP contribution is 2.65. The van der Waals surface area contributed by atoms with Gasteiger partial charge in [0.15, 0.2) is 4.47 Å². The third-order valence-corrected chi connectivity index (χ3v) is 4.09. The first-order valence-electron chi connectivity index (χ1n) is 4.28. The van der Waals surface area contributed by atoms with E-state index in [0.29, 0.717) is 4.47 Å². The Hall–Kier alpha value is -0.610. The molecule has 1 aromatic heterocycles. The van der Waals surface area contributed by atoms with Gasteiger partial charge in [-0.25, -0.2) is 4.98 Å². The van der Waals surface area contributed by atoms with Crippen molar-refractivity contribution in [1.82, 2.24) is 4.98 Å². The van der Waals surface area contributed by atoms with Crippen molar-refractivity contribution in [2.75, 3.05) is 0 Å². The highest BCUT2D eigenvalue weighted by molar-refractivity contribution is 7.15. The molecule has 1 aromatic rings. The molecular formula is C9H10ClNO2S. The molecule has 76 valence electrons. The smallest absolute Gasteiger partial charge is 0.307 e. The first-order chi connectivity index (χ1) is 6.44. The van der Waals surface area contributed by atoms with Crippen molar-refractivity contribution in [1.29, 1.82) is 0 Å². The number of carboxylic acids is 1. The maximum absolute atomic E-state index is 10.9. The van der Waals surface area contributed by atoms with Crippen molar-refractivity contribution in [3.8, 4) is 0 Å². The van der Waals surface area contributed by atoms with E-state index >= 15 is 0 Å². The molecule has 2 atom stereocenters. The van der Waals surface area contributed by atoms with Gasteiger partial charge in [0.1, 0.15) is 0 Å². The molecule has 1 N–H and O–H groups in total. The van der Waals surface area contributed by atoms with Gasteiger partial charge in [0.05, 0.1) is 5.92 Å². The number of aliphatic carboxylic acids is 1. The van der Waals surface area contributed by atoms with Gasteiger partial charge in [-0.05, 0) is 5.41 Å². The maximum atomic E-state index is 10.9. The first-order valence-corrected chi connectivity index (χ1v) is 5.48. The zero-order valence-electron chi connectivity index (χ0n) is 7.82. The highest BCUT2D eigenvalue weighted by Gasteiger charge is 2.63. The lowest BCUT2D eigenvalue weighted by Gasteiger charge is -1.97. The summed E-state index contributed by atoms with van der Waals surface area (Å²) in [6.45, 7) is 3.92. The third-order valence-electron chi connectivity index (χ3n) is 2.90. The van der Waals surface area contributed by atoms with E-state index in [0.717, 1.165) is 4.88 Å². The minimum Gasteiger partial charge on any atom is -0.481 e. The second-order valence-corrected chi connectivity index (χ2v) is 5.77. The van der Waals surface area contributed by atoms with E-state index in [4.69, 9.17) is 16.7 Å². The minimum absolute atomic E-state index is 0.0741. The van der Waals surface area contributed by atoms with E-state index in [9.17, 15) is 4.79 Å². The average molecular weight is 232 g/mol. The lowest BCUT2D eigenvalue weighted by atomic mass is 10.1. The van der Waals surface area contributed by atoms with Crippen LogP contribution >= 0.6 is 22.9 Å². The van der Waals surface area contributed by atoms with Crippen LogP contribution in [0.1, 0.15) is 24.6 Å². The second kappa shape index (κ2) is 2.94. The van der Waals surface area contributed by atoms with Crippen LogP contribution in [0, 0.1) is 11.3 Å². The number of aromatic nitrogens is 1. The molecule has 0 radical (unpaired) electrons. The Balaban J connectivity index is 2.27. The third kappa shape index (κ3) is 1.33. The molecule has 0 amide bonds. The summed E-state index contributed by atoms with van der Waals surface area (Å²) in [7, 11) is 0. The number of halogens is 1. The largest absolute Gasteiger partial charge is 0.481 e. The lowest BCUT2D eigenvalue weighted by molar-refractivity contribution is -0.139. The molecule has 14 heavy (non-hydrogen) atoms. The molecule has 5 heteroatoms. The van der Waals surface area contributed by atoms with Crippen LogP contribution in [-0.2, 0) is 4.79 Å². The van der Waals surface area contributed by atoms with Gasteiger partial charge in [0.25, 0.3) is 0 Å². The Bertz CT molecular complexity index is 388. The van der Waals surface area contributed by atoms with Crippen LogP contribution in [0.15, 0.2) is 6.20 Å². The van der Waals surface area contributed by atoms with Crippen LogP contribution in [0.3, 0.4) is 0 Å². The molecule has 0 aromatic carbocycles. The van der Waals surface area contributed by atoms with Crippen LogP contribution < -0.4 is 0 Å². The summed E-state index contributed by atoms with van der Waals surface area (Å²) >= 11 is 7.09. The summed E-state index contributed by atoms with van der Waals surface area (Å²) in [4.78, 5) is 15.8. The van der Waals surface area contributed by atoms with E-state index < -0.39 is 5.97 Å². The molecule has 0 saturated heterocycles. The normalized spacial score (nSPS) is 28.8. The first kappa shape index (κ1) is 9.93. The van der Waals surface area contributed by atoms with Crippen LogP contribution in [-0.4, -0.2) is 16.1 Å². The minimum atomic E-state index is -0.732. The highest BCUT2D eigenvalue weighted by atomic mass is 35.5. The number of rotatable bonds is 2. The van der Waals surface area contributed by atoms with E-state index in [1.54, 1.807) is 6.20 Å². The van der Waals surface area contributed by atoms with Gasteiger partial charge >= 0.3 is 5.97 Å². The number of thiazole rings is 1. The number of hydrogen-bond donors (Lipinski definition) is 1. The summed E-state index contributed by atoms with van der Waals surface area (Å²) in [6, 6.07) is 0. The van der Waals surface area contributed by atoms with E-state index in [-0.39, 0.29) is 17.3 Å². The second-order valence-electron chi connectivity index (χ2n) is 4.13. The molecule has 0 aliphatic heterocycles. The molecular weight excluding hydrogens is 222 g/mol. The van der Waals surface area contributed by atoms with Crippen molar-refractivity contribution in [3.05, 3.63) is 15.5 Å². The zero-order chi connectivity index (χ0) is 10.5. The molecule has 1 fully saturated rings. The van der Waals surface area contributed by atoms with Crippen molar-refractivity contribution in [2.24, 2.45) is 11.3 Å². The maximum Gasteiger partial charge on any atom is 0.307 e. The monoisotopic (exact) mass is 231 g/mol. The molecule has 1 aliphatic carbocycles. The molecule has 3 nitrogen and oxygen atoms in total. The Labute approximate surface area is 90.7 Å². The fourth-order valence-corrected chi connectivity index (χ4v) is 3.33. The Morgan fingerprint density at radius 3 is 2.71 bits per heavy atom. The molecule has 0 spiro atoms. The Morgan fingerprint density at radius 1 is 1.71 bits per heavy atom. The van der Waals surface area contributed by atoms with Crippen LogP contribution in [0.5, 0.6) is 0 Å². The van der Waals surface area contributed by atoms with Crippen molar-refractivity contribution >= 4 is 28.9 Å². The summed E-state index contributed by atoms with van der Waals surface area (Å²) in [5.41, 5.74) is -0.165. The number of carboxylic acid groups (broad SMARTS) is 1. The Morgan fingerprint density at radius 2 is 2.36 bits per heavy atom. The van der Waals surface area contributed by atoms with Crippen LogP contribution in [0.4, 0.5) is 0 Å². The lowest BCUT2D eigenvalue weighted by Crippen LogP contribution is -2.02. The SMILES string of the molecule is CC1(C)[C@H](C(=O)O)[C@H]1c1cnc(Cl)s1. The number of hydrogen-bond acceptors (Lipinski definition) is 3. The van der Waals surface area contributed by atoms with Crippen LogP contribution in [0.2, 0.25) is 4.47 Å². The molecule has 1 aliphatic rings. The fraction of sp³-hybridized carbons (Fsp3) is 0.556. The number of carbonyl (C=O) groups is 1. The van der Waals surface area contributed by atoms with Gasteiger partial charge < -0.3 is 5.11 Å². The van der Waals surface area contributed by atoms with E-state index in [1.165, 1.54) is 11.3 Å². The van der Waals surface area contributed by atoms with E-state index in [1.807, 2.05) is 13.8 Å². The van der Waals surface area contributed by atoms with Gasteiger partial charge in [-0.15, -0.1) is 11.3 Å². The quantitative estimate of drug-likeness (QED) is 0.851. The summed E-state index contributed by atoms with van der Waals surface area (Å²) in [6.07, 6.45) is 1.68. The van der Waals surface area contributed by atoms with Crippen molar-refractivity contribution in [3.63, 3.8) is 0 Å². The number of nitrogens with zero attached hydrogens (tertiary/aromatic N) is 1. The molecule has 1 heterocycles. The topological polar surface area (TPSA) is 50.2 Å². The Kier molecular flexibility index (Phi) is 2.08. The standard InChI is InChI=1S/C9H10ClNO2S/c1-9(2)5(6(9)7(12)13)4-3-11-8(10)14-4/h3,5-6H,1-2H3,(H,12,13)/t5-,6+/m1/s1. The molecule has 1 saturated carbocycles. The molecule has 0 bridgehead atoms. The summed E-state index contributed by atoms with van der Waals surface area (Å²) in [5.74, 6) is -0.950. The predicted molar refractivity (Wildman–Crippen MR) is 54.8 cm³/mol. The molecule has 2 rings (SSSR count). The zero-order valence-corrected chi connectivity index (χ0v) is 9.39. The predicted octanol–water partition coefficient (Wildman–Crippen LogP) is 2.62. The van der Waals surface area contributed by atoms with Crippen molar-refractivity contribution < 1.29 is 9.90 Å². The summed E-state index contributed by atoms with van der Waals surface area (Å²) < 4.78 is 0.479. The average Bonchev–Trinajstić information content (AvgIpc) is 2.42. The van der Waals surface area contributed by atoms with Gasteiger partial charge in [0, 0.05) is 17.0 Å².